The van der Waals surface area contributed by atoms with E-state index in [1.807, 2.05) is 0 Å². The van der Waals surface area contributed by atoms with Gasteiger partial charge in [0.1, 0.15) is 6.10 Å². The Bertz CT molecular complexity index is 609. The minimum atomic E-state index is -1.20. The Hall–Kier alpha value is -2.06. The molecule has 2 aromatic rings. The van der Waals surface area contributed by atoms with Crippen LogP contribution in [-0.4, -0.2) is 36.3 Å². The molecule has 17 heavy (non-hydrogen) atoms. The molecule has 0 saturated heterocycles. The van der Waals surface area contributed by atoms with E-state index in [4.69, 9.17) is 5.73 Å². The second kappa shape index (κ2) is 4.07. The maximum absolute atomic E-state index is 11.5. The van der Waals surface area contributed by atoms with Crippen LogP contribution < -0.4 is 11.3 Å². The first kappa shape index (κ1) is 11.4. The molecule has 5 N–H and O–H groups in total. The fourth-order valence-corrected chi connectivity index (χ4v) is 1.34. The monoisotopic (exact) mass is 237 g/mol. The first-order chi connectivity index (χ1) is 7.99. The number of nitrogens with two attached hydrogens (primary N) is 1. The van der Waals surface area contributed by atoms with Crippen LogP contribution in [0.2, 0.25) is 0 Å². The SMILES string of the molecule is C[C@H](O)[C@H](O)c1cnc2[nH]c(N)nc(=O)c2n1. The van der Waals surface area contributed by atoms with Crippen LogP contribution in [0.5, 0.6) is 0 Å². The van der Waals surface area contributed by atoms with Crippen molar-refractivity contribution in [2.75, 3.05) is 5.73 Å². The lowest BCUT2D eigenvalue weighted by Gasteiger charge is -2.12. The Labute approximate surface area is 95.2 Å². The van der Waals surface area contributed by atoms with E-state index in [9.17, 15) is 15.0 Å². The molecule has 2 atom stereocenters. The van der Waals surface area contributed by atoms with Crippen LogP contribution in [0.1, 0.15) is 18.7 Å². The van der Waals surface area contributed by atoms with Crippen molar-refractivity contribution in [2.24, 2.45) is 0 Å². The topological polar surface area (TPSA) is 138 Å². The molecule has 0 saturated carbocycles. The highest BCUT2D eigenvalue weighted by molar-refractivity contribution is 5.69. The highest BCUT2D eigenvalue weighted by Crippen LogP contribution is 2.14. The number of aromatic amines is 1. The molecule has 0 aliphatic rings. The second-order valence-corrected chi connectivity index (χ2v) is 3.60. The van der Waals surface area contributed by atoms with Gasteiger partial charge in [-0.2, -0.15) is 4.98 Å². The summed E-state index contributed by atoms with van der Waals surface area (Å²) in [5.74, 6) is -0.0550. The number of aromatic nitrogens is 4. The zero-order valence-electron chi connectivity index (χ0n) is 8.95. The lowest BCUT2D eigenvalue weighted by molar-refractivity contribution is 0.0278. The van der Waals surface area contributed by atoms with Crippen LogP contribution in [0.15, 0.2) is 11.0 Å². The van der Waals surface area contributed by atoms with Crippen LogP contribution in [0.25, 0.3) is 11.2 Å². The van der Waals surface area contributed by atoms with E-state index in [0.717, 1.165) is 0 Å². The minimum Gasteiger partial charge on any atom is -0.390 e. The van der Waals surface area contributed by atoms with Gasteiger partial charge in [-0.1, -0.05) is 0 Å². The Morgan fingerprint density at radius 1 is 1.41 bits per heavy atom. The summed E-state index contributed by atoms with van der Waals surface area (Å²) in [6.45, 7) is 1.40. The highest BCUT2D eigenvalue weighted by Gasteiger charge is 2.17. The molecule has 0 amide bonds. The highest BCUT2D eigenvalue weighted by atomic mass is 16.3. The molecule has 0 aromatic carbocycles. The van der Waals surface area contributed by atoms with Gasteiger partial charge in [0, 0.05) is 0 Å². The van der Waals surface area contributed by atoms with Crippen molar-refractivity contribution in [1.82, 2.24) is 19.9 Å². The summed E-state index contributed by atoms with van der Waals surface area (Å²) in [7, 11) is 0. The van der Waals surface area contributed by atoms with Crippen molar-refractivity contribution >= 4 is 17.1 Å². The molecular formula is C9H11N5O3. The summed E-state index contributed by atoms with van der Waals surface area (Å²) in [6.07, 6.45) is -0.957. The van der Waals surface area contributed by atoms with Gasteiger partial charge in [-0.15, -0.1) is 0 Å². The molecule has 8 nitrogen and oxygen atoms in total. The number of nitrogens with one attached hydrogen (secondary N) is 1. The van der Waals surface area contributed by atoms with Gasteiger partial charge in [0.15, 0.2) is 11.2 Å². The predicted octanol–water partition coefficient (Wildman–Crippen LogP) is -1.29. The molecule has 0 aliphatic carbocycles. The fraction of sp³-hybridized carbons (Fsp3) is 0.333. The number of hydrogen-bond acceptors (Lipinski definition) is 7. The predicted molar refractivity (Wildman–Crippen MR) is 59.0 cm³/mol. The van der Waals surface area contributed by atoms with E-state index in [1.54, 1.807) is 0 Å². The van der Waals surface area contributed by atoms with Crippen LogP contribution in [0.3, 0.4) is 0 Å². The Balaban J connectivity index is 2.62. The van der Waals surface area contributed by atoms with Gasteiger partial charge < -0.3 is 20.9 Å². The molecule has 8 heteroatoms. The molecule has 0 bridgehead atoms. The summed E-state index contributed by atoms with van der Waals surface area (Å²) in [5, 5.41) is 18.8. The van der Waals surface area contributed by atoms with Crippen LogP contribution in [0.4, 0.5) is 5.95 Å². The summed E-state index contributed by atoms with van der Waals surface area (Å²) in [6, 6.07) is 0. The minimum absolute atomic E-state index is 0.0311. The third kappa shape index (κ3) is 2.08. The van der Waals surface area contributed by atoms with E-state index in [-0.39, 0.29) is 22.8 Å². The number of nitrogen functional groups attached to an aromatic ring is 1. The van der Waals surface area contributed by atoms with Gasteiger partial charge in [-0.3, -0.25) is 4.79 Å². The first-order valence-electron chi connectivity index (χ1n) is 4.87. The van der Waals surface area contributed by atoms with E-state index in [0.29, 0.717) is 0 Å². The number of H-pyrrole nitrogens is 1. The first-order valence-corrected chi connectivity index (χ1v) is 4.87. The zero-order chi connectivity index (χ0) is 12.6. The van der Waals surface area contributed by atoms with Crippen LogP contribution >= 0.6 is 0 Å². The van der Waals surface area contributed by atoms with E-state index in [1.165, 1.54) is 13.1 Å². The number of hydrogen-bond donors (Lipinski definition) is 4. The van der Waals surface area contributed by atoms with Crippen LogP contribution in [0, 0.1) is 0 Å². The van der Waals surface area contributed by atoms with Crippen LogP contribution in [-0.2, 0) is 0 Å². The summed E-state index contributed by atoms with van der Waals surface area (Å²) in [4.78, 5) is 25.3. The Kier molecular flexibility index (Phi) is 2.74. The second-order valence-electron chi connectivity index (χ2n) is 3.60. The van der Waals surface area contributed by atoms with Crippen molar-refractivity contribution < 1.29 is 10.2 Å². The smallest absolute Gasteiger partial charge is 0.302 e. The number of aliphatic hydroxyl groups is 2. The van der Waals surface area contributed by atoms with Crippen molar-refractivity contribution in [1.29, 1.82) is 0 Å². The molecule has 0 unspecified atom stereocenters. The van der Waals surface area contributed by atoms with Gasteiger partial charge in [0.2, 0.25) is 5.95 Å². The molecule has 0 radical (unpaired) electrons. The summed E-state index contributed by atoms with van der Waals surface area (Å²) >= 11 is 0. The molecular weight excluding hydrogens is 226 g/mol. The number of rotatable bonds is 2. The fourth-order valence-electron chi connectivity index (χ4n) is 1.34. The molecule has 0 fully saturated rings. The standard InChI is InChI=1S/C9H11N5O3/c1-3(15)6(16)4-2-11-7-5(12-4)8(17)14-9(10)13-7/h2-3,6,15-16H,1H3,(H3,10,11,13,14,17)/t3-,6-/m0/s1. The third-order valence-corrected chi connectivity index (χ3v) is 2.22. The van der Waals surface area contributed by atoms with Crippen molar-refractivity contribution in [2.45, 2.75) is 19.1 Å². The average Bonchev–Trinajstić information content (AvgIpc) is 2.27. The van der Waals surface area contributed by atoms with Crippen molar-refractivity contribution in [3.8, 4) is 0 Å². The molecule has 0 aliphatic heterocycles. The number of nitrogens with zero attached hydrogens (tertiary/aromatic N) is 3. The molecule has 0 spiro atoms. The largest absolute Gasteiger partial charge is 0.390 e. The molecule has 2 rings (SSSR count). The van der Waals surface area contributed by atoms with Gasteiger partial charge in [-0.25, -0.2) is 9.97 Å². The van der Waals surface area contributed by atoms with E-state index >= 15 is 0 Å². The summed E-state index contributed by atoms with van der Waals surface area (Å²) in [5.41, 5.74) is 4.97. The quantitative estimate of drug-likeness (QED) is 0.509. The Morgan fingerprint density at radius 2 is 2.12 bits per heavy atom. The van der Waals surface area contributed by atoms with Crippen molar-refractivity contribution in [3.63, 3.8) is 0 Å². The molecule has 2 heterocycles. The maximum Gasteiger partial charge on any atom is 0.302 e. The van der Waals surface area contributed by atoms with Gasteiger partial charge >= 0.3 is 5.56 Å². The number of fused-ring (bicyclic) bond motifs is 1. The molecule has 2 aromatic heterocycles. The average molecular weight is 237 g/mol. The summed E-state index contributed by atoms with van der Waals surface area (Å²) < 4.78 is 0. The number of anilines is 1. The van der Waals surface area contributed by atoms with Gasteiger partial charge in [0.25, 0.3) is 0 Å². The normalized spacial score (nSPS) is 14.8. The lowest BCUT2D eigenvalue weighted by Crippen LogP contribution is -2.18. The van der Waals surface area contributed by atoms with Gasteiger partial charge in [-0.05, 0) is 6.92 Å². The maximum atomic E-state index is 11.5. The third-order valence-electron chi connectivity index (χ3n) is 2.22. The lowest BCUT2D eigenvalue weighted by atomic mass is 10.2. The van der Waals surface area contributed by atoms with E-state index in [2.05, 4.69) is 19.9 Å². The number of aliphatic hydroxyl groups excluding tert-OH is 2. The Morgan fingerprint density at radius 3 is 2.76 bits per heavy atom. The van der Waals surface area contributed by atoms with E-state index < -0.39 is 17.8 Å². The van der Waals surface area contributed by atoms with Gasteiger partial charge in [0.05, 0.1) is 18.0 Å². The van der Waals surface area contributed by atoms with Crippen molar-refractivity contribution in [3.05, 3.63) is 22.2 Å². The molecule has 90 valence electrons. The zero-order valence-corrected chi connectivity index (χ0v) is 8.95.